The zero-order chi connectivity index (χ0) is 19.4. The maximum absolute atomic E-state index is 12.6. The number of aliphatic imine (C=N–C) groups is 1. The maximum atomic E-state index is 12.6. The second kappa shape index (κ2) is 8.24. The summed E-state index contributed by atoms with van der Waals surface area (Å²) in [6, 6.07) is 19.5. The van der Waals surface area contributed by atoms with Crippen molar-refractivity contribution in [1.82, 2.24) is 0 Å². The van der Waals surface area contributed by atoms with Gasteiger partial charge in [0.1, 0.15) is 0 Å². The van der Waals surface area contributed by atoms with Crippen LogP contribution in [-0.2, 0) is 10.0 Å². The Morgan fingerprint density at radius 1 is 0.852 bits per heavy atom. The number of hydrogen-bond acceptors (Lipinski definition) is 4. The van der Waals surface area contributed by atoms with Crippen LogP contribution in [0.4, 0.5) is 11.4 Å². The highest BCUT2D eigenvalue weighted by Crippen LogP contribution is 2.23. The summed E-state index contributed by atoms with van der Waals surface area (Å²) < 4.78 is 29.3. The molecule has 27 heavy (non-hydrogen) atoms. The van der Waals surface area contributed by atoms with Gasteiger partial charge in [0, 0.05) is 14.5 Å². The summed E-state index contributed by atoms with van der Waals surface area (Å²) in [4.78, 5) is 4.14. The number of para-hydroxylation sites is 1. The standard InChI is InChI=1S/C19H14Br2N2O3S/c20-13-5-9-15(10-6-13)22-19(24)17-3-1-2-4-18(17)23-27(25,26)16-11-7-14(21)8-12-16/h1-12,23H,(H,22,24)/p-1. The highest BCUT2D eigenvalue weighted by molar-refractivity contribution is 9.10. The molecule has 8 heteroatoms. The van der Waals surface area contributed by atoms with Crippen molar-refractivity contribution in [3.63, 3.8) is 0 Å². The number of nitrogens with one attached hydrogen (secondary N) is 1. The predicted octanol–water partition coefficient (Wildman–Crippen LogP) is 4.45. The Morgan fingerprint density at radius 3 is 2.04 bits per heavy atom. The van der Waals surface area contributed by atoms with Crippen LogP contribution in [-0.4, -0.2) is 14.3 Å². The number of halogens is 2. The van der Waals surface area contributed by atoms with Gasteiger partial charge in [-0.15, -0.1) is 0 Å². The lowest BCUT2D eigenvalue weighted by molar-refractivity contribution is -0.212. The first-order valence-electron chi connectivity index (χ1n) is 7.74. The first kappa shape index (κ1) is 19.6. The monoisotopic (exact) mass is 507 g/mol. The van der Waals surface area contributed by atoms with E-state index in [-0.39, 0.29) is 16.1 Å². The van der Waals surface area contributed by atoms with E-state index in [0.717, 1.165) is 8.95 Å². The van der Waals surface area contributed by atoms with Crippen LogP contribution in [0.15, 0.2) is 91.6 Å². The normalized spacial score (nSPS) is 12.0. The van der Waals surface area contributed by atoms with Gasteiger partial charge in [0.15, 0.2) is 0 Å². The number of sulfonamides is 1. The van der Waals surface area contributed by atoms with Crippen molar-refractivity contribution in [2.24, 2.45) is 4.99 Å². The van der Waals surface area contributed by atoms with Gasteiger partial charge >= 0.3 is 0 Å². The van der Waals surface area contributed by atoms with Crippen LogP contribution >= 0.6 is 31.9 Å². The average molecular weight is 509 g/mol. The molecule has 1 N–H and O–H groups in total. The molecule has 0 atom stereocenters. The third-order valence-corrected chi connectivity index (χ3v) is 6.02. The smallest absolute Gasteiger partial charge is 0.261 e. The molecule has 138 valence electrons. The summed E-state index contributed by atoms with van der Waals surface area (Å²) in [7, 11) is -3.84. The van der Waals surface area contributed by atoms with E-state index in [1.807, 2.05) is 0 Å². The van der Waals surface area contributed by atoms with E-state index in [1.54, 1.807) is 48.5 Å². The van der Waals surface area contributed by atoms with E-state index in [4.69, 9.17) is 0 Å². The fourth-order valence-corrected chi connectivity index (χ4v) is 3.88. The molecule has 0 bridgehead atoms. The summed E-state index contributed by atoms with van der Waals surface area (Å²) in [5, 5.41) is 12.6. The van der Waals surface area contributed by atoms with Crippen molar-refractivity contribution in [3.05, 3.63) is 87.3 Å². The quantitative estimate of drug-likeness (QED) is 0.408. The van der Waals surface area contributed by atoms with E-state index < -0.39 is 15.9 Å². The van der Waals surface area contributed by atoms with E-state index in [0.29, 0.717) is 5.69 Å². The molecule has 0 heterocycles. The van der Waals surface area contributed by atoms with Crippen LogP contribution in [0.5, 0.6) is 0 Å². The molecule has 0 amide bonds. The van der Waals surface area contributed by atoms with Crippen molar-refractivity contribution >= 4 is 59.2 Å². The SMILES string of the molecule is O=S(=O)(Nc1ccccc1C([O-])=Nc1ccc(Br)cc1)c1ccc(Br)cc1. The van der Waals surface area contributed by atoms with E-state index >= 15 is 0 Å². The maximum Gasteiger partial charge on any atom is 0.261 e. The van der Waals surface area contributed by atoms with Gasteiger partial charge in [0.2, 0.25) is 0 Å². The van der Waals surface area contributed by atoms with Gasteiger partial charge in [-0.3, -0.25) is 9.71 Å². The summed E-state index contributed by atoms with van der Waals surface area (Å²) in [6.45, 7) is 0. The van der Waals surface area contributed by atoms with Crippen LogP contribution in [0.25, 0.3) is 0 Å². The van der Waals surface area contributed by atoms with Gasteiger partial charge in [0.25, 0.3) is 10.0 Å². The molecule has 0 spiro atoms. The van der Waals surface area contributed by atoms with Crippen molar-refractivity contribution in [3.8, 4) is 0 Å². The molecular formula is C19H13Br2N2O3S-. The first-order valence-corrected chi connectivity index (χ1v) is 10.8. The third-order valence-electron chi connectivity index (χ3n) is 3.58. The van der Waals surface area contributed by atoms with Gasteiger partial charge in [-0.25, -0.2) is 8.42 Å². The summed E-state index contributed by atoms with van der Waals surface area (Å²) in [5.74, 6) is -0.536. The van der Waals surface area contributed by atoms with Crippen molar-refractivity contribution < 1.29 is 13.5 Å². The minimum Gasteiger partial charge on any atom is -0.858 e. The van der Waals surface area contributed by atoms with Gasteiger partial charge in [-0.05, 0) is 60.5 Å². The largest absolute Gasteiger partial charge is 0.858 e. The molecule has 0 saturated heterocycles. The summed E-state index contributed by atoms with van der Waals surface area (Å²) >= 11 is 6.59. The first-order chi connectivity index (χ1) is 12.8. The van der Waals surface area contributed by atoms with Crippen LogP contribution in [0, 0.1) is 0 Å². The van der Waals surface area contributed by atoms with Crippen LogP contribution < -0.4 is 9.83 Å². The fourth-order valence-electron chi connectivity index (χ4n) is 2.27. The number of rotatable bonds is 5. The Kier molecular flexibility index (Phi) is 5.98. The van der Waals surface area contributed by atoms with Crippen molar-refractivity contribution in [2.75, 3.05) is 4.72 Å². The zero-order valence-corrected chi connectivity index (χ0v) is 17.8. The van der Waals surface area contributed by atoms with E-state index in [9.17, 15) is 13.5 Å². The number of hydrogen-bond donors (Lipinski definition) is 1. The Bertz CT molecular complexity index is 1080. The van der Waals surface area contributed by atoms with Gasteiger partial charge in [-0.1, -0.05) is 50.1 Å². The second-order valence-corrected chi connectivity index (χ2v) is 9.01. The minimum atomic E-state index is -3.84. The Labute approximate surface area is 174 Å². The third kappa shape index (κ3) is 4.97. The minimum absolute atomic E-state index is 0.0952. The topological polar surface area (TPSA) is 81.6 Å². The molecule has 5 nitrogen and oxygen atoms in total. The molecule has 0 aliphatic rings. The summed E-state index contributed by atoms with van der Waals surface area (Å²) in [5.41, 5.74) is 0.821. The molecule has 0 fully saturated rings. The number of nitrogens with zero attached hydrogens (tertiary/aromatic N) is 1. The Hall–Kier alpha value is -2.16. The molecule has 0 aliphatic heterocycles. The predicted molar refractivity (Wildman–Crippen MR) is 112 cm³/mol. The molecule has 3 rings (SSSR count). The fraction of sp³-hybridized carbons (Fsp3) is 0. The molecule has 0 saturated carbocycles. The van der Waals surface area contributed by atoms with Gasteiger partial charge in [0.05, 0.1) is 16.3 Å². The molecule has 0 radical (unpaired) electrons. The Morgan fingerprint density at radius 2 is 1.41 bits per heavy atom. The van der Waals surface area contributed by atoms with Gasteiger partial charge < -0.3 is 5.11 Å². The van der Waals surface area contributed by atoms with Gasteiger partial charge in [-0.2, -0.15) is 0 Å². The molecular weight excluding hydrogens is 496 g/mol. The number of benzene rings is 3. The lowest BCUT2D eigenvalue weighted by Gasteiger charge is -2.17. The van der Waals surface area contributed by atoms with Crippen molar-refractivity contribution in [1.29, 1.82) is 0 Å². The van der Waals surface area contributed by atoms with Crippen LogP contribution in [0.1, 0.15) is 5.56 Å². The van der Waals surface area contributed by atoms with E-state index in [2.05, 4.69) is 41.6 Å². The second-order valence-electron chi connectivity index (χ2n) is 5.50. The zero-order valence-electron chi connectivity index (χ0n) is 13.8. The number of anilines is 1. The average Bonchev–Trinajstić information content (AvgIpc) is 2.64. The van der Waals surface area contributed by atoms with Crippen LogP contribution in [0.2, 0.25) is 0 Å². The lowest BCUT2D eigenvalue weighted by atomic mass is 10.2. The lowest BCUT2D eigenvalue weighted by Crippen LogP contribution is -2.22. The molecule has 3 aromatic rings. The summed E-state index contributed by atoms with van der Waals surface area (Å²) in [6.07, 6.45) is 0. The molecule has 0 aromatic heterocycles. The highest BCUT2D eigenvalue weighted by Gasteiger charge is 2.15. The molecule has 0 unspecified atom stereocenters. The molecule has 0 aliphatic carbocycles. The van der Waals surface area contributed by atoms with Crippen LogP contribution in [0.3, 0.4) is 0 Å². The Balaban J connectivity index is 1.94. The van der Waals surface area contributed by atoms with E-state index in [1.165, 1.54) is 24.3 Å². The highest BCUT2D eigenvalue weighted by atomic mass is 79.9. The molecule has 3 aromatic carbocycles. The van der Waals surface area contributed by atoms with Crippen molar-refractivity contribution in [2.45, 2.75) is 4.90 Å².